The number of nitrogens with zero attached hydrogens (tertiary/aromatic N) is 1. The van der Waals surface area contributed by atoms with Crippen LogP contribution in [0.1, 0.15) is 29.2 Å². The van der Waals surface area contributed by atoms with Crippen LogP contribution in [0.15, 0.2) is 47.5 Å². The van der Waals surface area contributed by atoms with Gasteiger partial charge in [-0.2, -0.15) is 0 Å². The summed E-state index contributed by atoms with van der Waals surface area (Å²) in [5.74, 6) is 0.0337. The molecule has 0 saturated heterocycles. The third-order valence-electron chi connectivity index (χ3n) is 4.13. The van der Waals surface area contributed by atoms with Crippen LogP contribution < -0.4 is 10.6 Å². The van der Waals surface area contributed by atoms with Crippen molar-refractivity contribution in [3.63, 3.8) is 0 Å². The second-order valence-electron chi connectivity index (χ2n) is 6.78. The summed E-state index contributed by atoms with van der Waals surface area (Å²) in [6, 6.07) is 12.1. The Morgan fingerprint density at radius 3 is 2.38 bits per heavy atom. The predicted octanol–water partition coefficient (Wildman–Crippen LogP) is 2.77. The lowest BCUT2D eigenvalue weighted by Crippen LogP contribution is -2.37. The highest BCUT2D eigenvalue weighted by Gasteiger charge is 2.11. The summed E-state index contributed by atoms with van der Waals surface area (Å²) in [5, 5.41) is 6.29. The average Bonchev–Trinajstić information content (AvgIpc) is 2.66. The molecular weight excluding hydrogens is 393 g/mol. The first-order valence-electron chi connectivity index (χ1n) is 9.34. The first-order chi connectivity index (χ1) is 13.8. The van der Waals surface area contributed by atoms with Gasteiger partial charge in [0, 0.05) is 26.5 Å². The van der Waals surface area contributed by atoms with Gasteiger partial charge in [-0.1, -0.05) is 30.3 Å². The third kappa shape index (κ3) is 8.21. The molecule has 0 saturated carbocycles. The van der Waals surface area contributed by atoms with Gasteiger partial charge < -0.3 is 15.4 Å². The van der Waals surface area contributed by atoms with Crippen molar-refractivity contribution in [2.75, 3.05) is 19.9 Å². The minimum absolute atomic E-state index is 0.133. The Kier molecular flexibility index (Phi) is 8.60. The highest BCUT2D eigenvalue weighted by Crippen LogP contribution is 2.14. The number of hydrogen-bond acceptors (Lipinski definition) is 4. The Labute approximate surface area is 172 Å². The van der Waals surface area contributed by atoms with Gasteiger partial charge in [-0.3, -0.25) is 0 Å². The molecule has 0 fully saturated rings. The monoisotopic (exact) mass is 421 g/mol. The molecule has 6 nitrogen and oxygen atoms in total. The zero-order valence-corrected chi connectivity index (χ0v) is 17.9. The molecule has 0 amide bonds. The lowest BCUT2D eigenvalue weighted by atomic mass is 10.1. The number of benzene rings is 2. The van der Waals surface area contributed by atoms with Crippen LogP contribution in [0.3, 0.4) is 0 Å². The summed E-state index contributed by atoms with van der Waals surface area (Å²) in [4.78, 5) is 4.55. The number of aliphatic imine (C=N–C) groups is 1. The fourth-order valence-electron chi connectivity index (χ4n) is 2.78. The van der Waals surface area contributed by atoms with Gasteiger partial charge in [0.1, 0.15) is 5.82 Å². The molecule has 0 aliphatic carbocycles. The van der Waals surface area contributed by atoms with E-state index in [1.165, 1.54) is 18.2 Å². The van der Waals surface area contributed by atoms with Crippen molar-refractivity contribution in [3.05, 3.63) is 70.5 Å². The lowest BCUT2D eigenvalue weighted by molar-refractivity contribution is 0.185. The smallest absolute Gasteiger partial charge is 0.191 e. The number of hydrogen-bond donors (Lipinski definition) is 2. The number of rotatable bonds is 9. The quantitative estimate of drug-likeness (QED) is 0.481. The van der Waals surface area contributed by atoms with Gasteiger partial charge in [0.25, 0.3) is 0 Å². The molecule has 2 rings (SSSR count). The van der Waals surface area contributed by atoms with Gasteiger partial charge in [0.2, 0.25) is 0 Å². The van der Waals surface area contributed by atoms with Gasteiger partial charge in [0.05, 0.1) is 18.9 Å². The molecule has 0 radical (unpaired) electrons. The second kappa shape index (κ2) is 10.9. The Morgan fingerprint density at radius 2 is 1.76 bits per heavy atom. The molecule has 158 valence electrons. The van der Waals surface area contributed by atoms with Crippen molar-refractivity contribution in [1.29, 1.82) is 0 Å². The van der Waals surface area contributed by atoms with Crippen LogP contribution in [-0.2, 0) is 40.0 Å². The maximum atomic E-state index is 13.7. The molecule has 0 unspecified atom stereocenters. The van der Waals surface area contributed by atoms with Gasteiger partial charge in [0.15, 0.2) is 15.8 Å². The van der Waals surface area contributed by atoms with Crippen LogP contribution in [-0.4, -0.2) is 34.3 Å². The molecule has 2 aromatic carbocycles. The summed E-state index contributed by atoms with van der Waals surface area (Å²) in [5.41, 5.74) is 3.30. The number of halogens is 1. The Morgan fingerprint density at radius 1 is 1.07 bits per heavy atom. The average molecular weight is 422 g/mol. The third-order valence-corrected chi connectivity index (χ3v) is 4.97. The highest BCUT2D eigenvalue weighted by atomic mass is 32.2. The van der Waals surface area contributed by atoms with E-state index in [1.807, 2.05) is 31.2 Å². The van der Waals surface area contributed by atoms with Gasteiger partial charge >= 0.3 is 0 Å². The molecule has 0 aromatic heterocycles. The number of nitrogens with one attached hydrogen (secondary N) is 2. The van der Waals surface area contributed by atoms with Gasteiger partial charge in [-0.25, -0.2) is 17.8 Å². The van der Waals surface area contributed by atoms with Crippen LogP contribution in [0.5, 0.6) is 0 Å². The standard InChI is InChI=1S/C21H28FN3O3S/c1-4-23-21(24-12-16-5-7-17(8-6-16)14-28-2)25-13-19-11-20(22)10-9-18(19)15-29(3,26)27/h5-11H,4,12-15H2,1-3H3,(H2,23,24,25). The molecule has 0 spiro atoms. The Balaban J connectivity index is 2.08. The first-order valence-corrected chi connectivity index (χ1v) is 11.4. The van der Waals surface area contributed by atoms with Crippen molar-refractivity contribution in [3.8, 4) is 0 Å². The first kappa shape index (κ1) is 22.8. The molecule has 29 heavy (non-hydrogen) atoms. The molecular formula is C21H28FN3O3S. The molecule has 0 aliphatic rings. The minimum Gasteiger partial charge on any atom is -0.380 e. The van der Waals surface area contributed by atoms with Gasteiger partial charge in [-0.05, 0) is 41.3 Å². The minimum atomic E-state index is -3.22. The normalized spacial score (nSPS) is 12.1. The topological polar surface area (TPSA) is 79.8 Å². The van der Waals surface area contributed by atoms with Crippen LogP contribution in [0.2, 0.25) is 0 Å². The molecule has 2 N–H and O–H groups in total. The molecule has 0 heterocycles. The fraction of sp³-hybridized carbons (Fsp3) is 0.381. The number of methoxy groups -OCH3 is 1. The molecule has 0 atom stereocenters. The zero-order valence-electron chi connectivity index (χ0n) is 17.0. The van der Waals surface area contributed by atoms with E-state index in [9.17, 15) is 12.8 Å². The summed E-state index contributed by atoms with van der Waals surface area (Å²) >= 11 is 0. The number of sulfone groups is 1. The zero-order chi connectivity index (χ0) is 21.3. The lowest BCUT2D eigenvalue weighted by Gasteiger charge is -2.14. The van der Waals surface area contributed by atoms with Gasteiger partial charge in [-0.15, -0.1) is 0 Å². The molecule has 0 aliphatic heterocycles. The van der Waals surface area contributed by atoms with Crippen molar-refractivity contribution in [2.45, 2.75) is 32.4 Å². The Bertz CT molecular complexity index is 929. The van der Waals surface area contributed by atoms with Crippen LogP contribution >= 0.6 is 0 Å². The SMILES string of the molecule is CCNC(=NCc1ccc(COC)cc1)NCc1cc(F)ccc1CS(C)(=O)=O. The van der Waals surface area contributed by atoms with Crippen LogP contribution in [0, 0.1) is 5.82 Å². The van der Waals surface area contributed by atoms with E-state index in [0.717, 1.165) is 17.4 Å². The van der Waals surface area contributed by atoms with E-state index in [1.54, 1.807) is 7.11 Å². The maximum absolute atomic E-state index is 13.7. The van der Waals surface area contributed by atoms with Crippen molar-refractivity contribution in [2.24, 2.45) is 4.99 Å². The number of ether oxygens (including phenoxy) is 1. The summed E-state index contributed by atoms with van der Waals surface area (Å²) < 4.78 is 42.1. The molecule has 8 heteroatoms. The van der Waals surface area contributed by atoms with Crippen molar-refractivity contribution in [1.82, 2.24) is 10.6 Å². The maximum Gasteiger partial charge on any atom is 0.191 e. The van der Waals surface area contributed by atoms with Crippen molar-refractivity contribution >= 4 is 15.8 Å². The van der Waals surface area contributed by atoms with Crippen LogP contribution in [0.4, 0.5) is 4.39 Å². The predicted molar refractivity (Wildman–Crippen MR) is 114 cm³/mol. The summed E-state index contributed by atoms with van der Waals surface area (Å²) in [6.07, 6.45) is 1.16. The van der Waals surface area contributed by atoms with E-state index < -0.39 is 15.7 Å². The second-order valence-corrected chi connectivity index (χ2v) is 8.92. The number of guanidine groups is 1. The van der Waals surface area contributed by atoms with E-state index in [2.05, 4.69) is 15.6 Å². The van der Waals surface area contributed by atoms with Crippen LogP contribution in [0.25, 0.3) is 0 Å². The highest BCUT2D eigenvalue weighted by molar-refractivity contribution is 7.89. The largest absolute Gasteiger partial charge is 0.380 e. The Hall–Kier alpha value is -2.45. The van der Waals surface area contributed by atoms with Crippen molar-refractivity contribution < 1.29 is 17.5 Å². The molecule has 0 bridgehead atoms. The summed E-state index contributed by atoms with van der Waals surface area (Å²) in [7, 11) is -1.56. The summed E-state index contributed by atoms with van der Waals surface area (Å²) in [6.45, 7) is 3.92. The van der Waals surface area contributed by atoms with E-state index >= 15 is 0 Å². The van der Waals surface area contributed by atoms with E-state index in [4.69, 9.17) is 4.74 Å². The molecule has 2 aromatic rings. The van der Waals surface area contributed by atoms with E-state index in [-0.39, 0.29) is 12.3 Å². The van der Waals surface area contributed by atoms with E-state index in [0.29, 0.717) is 36.8 Å². The fourth-order valence-corrected chi connectivity index (χ4v) is 3.63.